The molecule has 1 N–H and O–H groups in total. The van der Waals surface area contributed by atoms with Crippen molar-refractivity contribution < 1.29 is 4.74 Å². The number of halogens is 1. The normalized spacial score (nSPS) is 17.3. The molecule has 3 nitrogen and oxygen atoms in total. The van der Waals surface area contributed by atoms with Crippen LogP contribution in [0.1, 0.15) is 35.8 Å². The molecule has 1 aromatic heterocycles. The van der Waals surface area contributed by atoms with Crippen molar-refractivity contribution in [1.29, 1.82) is 0 Å². The topological polar surface area (TPSA) is 34.1 Å². The Kier molecular flexibility index (Phi) is 4.42. The molecule has 21 heavy (non-hydrogen) atoms. The molecule has 1 aromatic carbocycles. The average molecular weight is 303 g/mol. The quantitative estimate of drug-likeness (QED) is 0.910. The Hall–Kier alpha value is -1.58. The fraction of sp³-hybridized carbons (Fsp3) is 0.353. The number of anilines is 1. The van der Waals surface area contributed by atoms with Gasteiger partial charge in [-0.15, -0.1) is 0 Å². The van der Waals surface area contributed by atoms with E-state index in [1.165, 1.54) is 17.5 Å². The van der Waals surface area contributed by atoms with E-state index in [4.69, 9.17) is 16.3 Å². The van der Waals surface area contributed by atoms with Gasteiger partial charge in [0, 0.05) is 7.05 Å². The highest BCUT2D eigenvalue weighted by atomic mass is 35.5. The number of fused-ring (bicyclic) bond motifs is 1. The molecule has 0 fully saturated rings. The Morgan fingerprint density at radius 2 is 2.14 bits per heavy atom. The monoisotopic (exact) mass is 302 g/mol. The maximum absolute atomic E-state index is 6.20. The molecule has 1 heterocycles. The SMILES string of the molecule is CNc1ccc(Cl)c(COC2CCCc3ccccc32)n1. The number of rotatable bonds is 4. The first-order valence-electron chi connectivity index (χ1n) is 7.30. The van der Waals surface area contributed by atoms with Crippen LogP contribution in [0.2, 0.25) is 5.02 Å². The van der Waals surface area contributed by atoms with Crippen molar-refractivity contribution in [3.63, 3.8) is 0 Å². The molecule has 0 spiro atoms. The zero-order valence-corrected chi connectivity index (χ0v) is 12.9. The number of nitrogens with one attached hydrogen (secondary N) is 1. The second-order valence-electron chi connectivity index (χ2n) is 5.27. The van der Waals surface area contributed by atoms with E-state index in [1.54, 1.807) is 0 Å². The summed E-state index contributed by atoms with van der Waals surface area (Å²) < 4.78 is 6.10. The van der Waals surface area contributed by atoms with Gasteiger partial charge in [-0.1, -0.05) is 35.9 Å². The smallest absolute Gasteiger partial charge is 0.126 e. The van der Waals surface area contributed by atoms with E-state index >= 15 is 0 Å². The molecule has 0 saturated carbocycles. The second-order valence-corrected chi connectivity index (χ2v) is 5.67. The fourth-order valence-corrected chi connectivity index (χ4v) is 2.95. The number of benzene rings is 1. The number of nitrogens with zero attached hydrogens (tertiary/aromatic N) is 1. The van der Waals surface area contributed by atoms with Crippen LogP contribution < -0.4 is 5.32 Å². The summed E-state index contributed by atoms with van der Waals surface area (Å²) in [7, 11) is 1.85. The third kappa shape index (κ3) is 3.20. The van der Waals surface area contributed by atoms with Gasteiger partial charge in [-0.3, -0.25) is 0 Å². The molecule has 2 aromatic rings. The molecule has 0 aliphatic heterocycles. The Bertz CT molecular complexity index is 630. The largest absolute Gasteiger partial charge is 0.373 e. The minimum Gasteiger partial charge on any atom is -0.373 e. The summed E-state index contributed by atoms with van der Waals surface area (Å²) in [5, 5.41) is 3.67. The molecular weight excluding hydrogens is 284 g/mol. The lowest BCUT2D eigenvalue weighted by atomic mass is 9.89. The van der Waals surface area contributed by atoms with Crippen LogP contribution in [0.25, 0.3) is 0 Å². The molecule has 3 rings (SSSR count). The summed E-state index contributed by atoms with van der Waals surface area (Å²) in [5.41, 5.74) is 3.49. The van der Waals surface area contributed by atoms with Gasteiger partial charge in [-0.25, -0.2) is 4.98 Å². The number of hydrogen-bond donors (Lipinski definition) is 1. The number of pyridine rings is 1. The summed E-state index contributed by atoms with van der Waals surface area (Å²) in [4.78, 5) is 4.46. The molecule has 1 atom stereocenters. The molecular formula is C17H19ClN2O. The highest BCUT2D eigenvalue weighted by molar-refractivity contribution is 6.31. The van der Waals surface area contributed by atoms with Gasteiger partial charge in [0.2, 0.25) is 0 Å². The van der Waals surface area contributed by atoms with Crippen molar-refractivity contribution in [3.8, 4) is 0 Å². The Morgan fingerprint density at radius 1 is 1.29 bits per heavy atom. The molecule has 0 amide bonds. The van der Waals surface area contributed by atoms with Crippen LogP contribution in [0.3, 0.4) is 0 Å². The molecule has 4 heteroatoms. The second kappa shape index (κ2) is 6.46. The van der Waals surface area contributed by atoms with Crippen molar-refractivity contribution in [2.24, 2.45) is 0 Å². The van der Waals surface area contributed by atoms with E-state index in [0.29, 0.717) is 11.6 Å². The first-order chi connectivity index (χ1) is 10.3. The Morgan fingerprint density at radius 3 is 3.00 bits per heavy atom. The zero-order valence-electron chi connectivity index (χ0n) is 12.1. The number of aromatic nitrogens is 1. The van der Waals surface area contributed by atoms with Crippen molar-refractivity contribution in [3.05, 3.63) is 58.2 Å². The van der Waals surface area contributed by atoms with Gasteiger partial charge in [0.05, 0.1) is 23.4 Å². The standard InChI is InChI=1S/C17H19ClN2O/c1-19-17-10-9-14(18)15(20-17)11-21-16-8-4-6-12-5-2-3-7-13(12)16/h2-3,5,7,9-10,16H,4,6,8,11H2,1H3,(H,19,20). The number of ether oxygens (including phenoxy) is 1. The molecule has 0 radical (unpaired) electrons. The van der Waals surface area contributed by atoms with Gasteiger partial charge in [0.1, 0.15) is 5.82 Å². The van der Waals surface area contributed by atoms with Crippen molar-refractivity contribution in [2.45, 2.75) is 32.0 Å². The average Bonchev–Trinajstić information content (AvgIpc) is 2.54. The summed E-state index contributed by atoms with van der Waals surface area (Å²) in [5.74, 6) is 0.807. The minimum absolute atomic E-state index is 0.144. The lowest BCUT2D eigenvalue weighted by Crippen LogP contribution is -2.13. The Labute approximate surface area is 130 Å². The number of aryl methyl sites for hydroxylation is 1. The lowest BCUT2D eigenvalue weighted by molar-refractivity contribution is 0.0266. The van der Waals surface area contributed by atoms with Crippen LogP contribution in [0, 0.1) is 0 Å². The van der Waals surface area contributed by atoms with Crippen LogP contribution in [0.15, 0.2) is 36.4 Å². The third-order valence-electron chi connectivity index (χ3n) is 3.91. The summed E-state index contributed by atoms with van der Waals surface area (Å²) in [6.45, 7) is 0.438. The highest BCUT2D eigenvalue weighted by Crippen LogP contribution is 2.33. The van der Waals surface area contributed by atoms with Crippen molar-refractivity contribution in [2.75, 3.05) is 12.4 Å². The van der Waals surface area contributed by atoms with Crippen LogP contribution in [-0.4, -0.2) is 12.0 Å². The molecule has 110 valence electrons. The summed E-state index contributed by atoms with van der Waals surface area (Å²) in [6.07, 6.45) is 3.51. The van der Waals surface area contributed by atoms with Crippen molar-refractivity contribution in [1.82, 2.24) is 4.98 Å². The molecule has 1 unspecified atom stereocenters. The fourth-order valence-electron chi connectivity index (χ4n) is 2.79. The maximum atomic E-state index is 6.20. The van der Waals surface area contributed by atoms with E-state index in [0.717, 1.165) is 24.4 Å². The lowest BCUT2D eigenvalue weighted by Gasteiger charge is -2.25. The van der Waals surface area contributed by atoms with Crippen LogP contribution in [0.5, 0.6) is 0 Å². The van der Waals surface area contributed by atoms with Gasteiger partial charge in [-0.2, -0.15) is 0 Å². The summed E-state index contributed by atoms with van der Waals surface area (Å²) >= 11 is 6.20. The van der Waals surface area contributed by atoms with E-state index in [9.17, 15) is 0 Å². The van der Waals surface area contributed by atoms with Gasteiger partial charge >= 0.3 is 0 Å². The first kappa shape index (κ1) is 14.4. The zero-order chi connectivity index (χ0) is 14.7. The van der Waals surface area contributed by atoms with Gasteiger partial charge < -0.3 is 10.1 Å². The molecule has 1 aliphatic rings. The highest BCUT2D eigenvalue weighted by Gasteiger charge is 2.20. The van der Waals surface area contributed by atoms with E-state index < -0.39 is 0 Å². The maximum Gasteiger partial charge on any atom is 0.126 e. The molecule has 0 bridgehead atoms. The van der Waals surface area contributed by atoms with Crippen LogP contribution in [0.4, 0.5) is 5.82 Å². The third-order valence-corrected chi connectivity index (χ3v) is 4.25. The van der Waals surface area contributed by atoms with Gasteiger partial charge in [0.25, 0.3) is 0 Å². The predicted octanol–water partition coefficient (Wildman–Crippen LogP) is 4.37. The Balaban J connectivity index is 1.74. The van der Waals surface area contributed by atoms with Gasteiger partial charge in [0.15, 0.2) is 0 Å². The molecule has 0 saturated heterocycles. The predicted molar refractivity (Wildman–Crippen MR) is 85.7 cm³/mol. The van der Waals surface area contributed by atoms with Crippen LogP contribution >= 0.6 is 11.6 Å². The minimum atomic E-state index is 0.144. The van der Waals surface area contributed by atoms with E-state index in [2.05, 4.69) is 34.6 Å². The molecule has 1 aliphatic carbocycles. The van der Waals surface area contributed by atoms with Gasteiger partial charge in [-0.05, 0) is 42.5 Å². The van der Waals surface area contributed by atoms with Crippen molar-refractivity contribution >= 4 is 17.4 Å². The number of hydrogen-bond acceptors (Lipinski definition) is 3. The van der Waals surface area contributed by atoms with E-state index in [1.807, 2.05) is 19.2 Å². The van der Waals surface area contributed by atoms with E-state index in [-0.39, 0.29) is 6.10 Å². The first-order valence-corrected chi connectivity index (χ1v) is 7.68. The van der Waals surface area contributed by atoms with Crippen LogP contribution in [-0.2, 0) is 17.8 Å². The summed E-state index contributed by atoms with van der Waals surface area (Å²) in [6, 6.07) is 12.2.